The number of piperidine rings is 1. The second-order valence-electron chi connectivity index (χ2n) is 6.65. The zero-order valence-corrected chi connectivity index (χ0v) is 15.4. The van der Waals surface area contributed by atoms with Crippen LogP contribution in [0.1, 0.15) is 47.5 Å². The van der Waals surface area contributed by atoms with Crippen LogP contribution in [0.5, 0.6) is 0 Å². The highest BCUT2D eigenvalue weighted by molar-refractivity contribution is 7.17. The summed E-state index contributed by atoms with van der Waals surface area (Å²) in [6.45, 7) is 2.70. The molecule has 1 aromatic heterocycles. The van der Waals surface area contributed by atoms with E-state index in [1.807, 2.05) is 4.90 Å². The predicted octanol–water partition coefficient (Wildman–Crippen LogP) is 3.38. The Hall–Kier alpha value is -2.08. The lowest BCUT2D eigenvalue weighted by atomic mass is 10.0. The van der Waals surface area contributed by atoms with Crippen molar-refractivity contribution in [2.75, 3.05) is 24.5 Å². The first-order valence-corrected chi connectivity index (χ1v) is 9.42. The van der Waals surface area contributed by atoms with Crippen LogP contribution >= 0.6 is 11.3 Å². The number of carbonyl (C=O) groups excluding carboxylic acids is 1. The Morgan fingerprint density at radius 1 is 1.35 bits per heavy atom. The Labute approximate surface area is 155 Å². The summed E-state index contributed by atoms with van der Waals surface area (Å²) in [5.74, 6) is -0.237. The number of nitrogens with one attached hydrogen (secondary N) is 1. The number of aromatic nitrogens is 1. The summed E-state index contributed by atoms with van der Waals surface area (Å²) in [7, 11) is 0. The number of hydrogen-bond donors (Lipinski definition) is 1. The minimum absolute atomic E-state index is 0.181. The SMILES string of the molecule is C#CCCC1(CCNC(=O)c2sc(N3CCC(F)(F)CC3)nc2C)N=N1. The number of aryl methyl sites for hydroxylation is 1. The number of hydrogen-bond acceptors (Lipinski definition) is 6. The van der Waals surface area contributed by atoms with E-state index in [4.69, 9.17) is 6.42 Å². The van der Waals surface area contributed by atoms with Gasteiger partial charge in [0.05, 0.1) is 5.69 Å². The molecule has 0 saturated carbocycles. The molecule has 1 aromatic rings. The van der Waals surface area contributed by atoms with Crippen LogP contribution in [0.2, 0.25) is 0 Å². The summed E-state index contributed by atoms with van der Waals surface area (Å²) in [4.78, 5) is 19.1. The van der Waals surface area contributed by atoms with Gasteiger partial charge in [-0.2, -0.15) is 10.2 Å². The summed E-state index contributed by atoms with van der Waals surface area (Å²) in [6, 6.07) is 0. The number of carbonyl (C=O) groups is 1. The maximum Gasteiger partial charge on any atom is 0.263 e. The van der Waals surface area contributed by atoms with Gasteiger partial charge >= 0.3 is 0 Å². The number of terminal acetylenes is 1. The average Bonchev–Trinajstić information content (AvgIpc) is 3.26. The van der Waals surface area contributed by atoms with Gasteiger partial charge < -0.3 is 10.2 Å². The van der Waals surface area contributed by atoms with Crippen molar-refractivity contribution in [1.29, 1.82) is 0 Å². The standard InChI is InChI=1S/C17H21F2N5OS/c1-3-4-5-17(22-23-17)6-9-20-14(25)13-12(2)21-15(26-13)24-10-7-16(18,19)8-11-24/h1H,4-11H2,2H3,(H,20,25). The molecule has 9 heteroatoms. The molecule has 0 aromatic carbocycles. The molecule has 0 unspecified atom stereocenters. The number of thiazole rings is 1. The molecule has 3 heterocycles. The van der Waals surface area contributed by atoms with Crippen LogP contribution in [0, 0.1) is 19.3 Å². The smallest absolute Gasteiger partial charge is 0.263 e. The lowest BCUT2D eigenvalue weighted by Crippen LogP contribution is -2.39. The van der Waals surface area contributed by atoms with Gasteiger partial charge in [0.1, 0.15) is 4.88 Å². The van der Waals surface area contributed by atoms with E-state index in [1.165, 1.54) is 11.3 Å². The average molecular weight is 381 g/mol. The molecular formula is C17H21F2N5OS. The molecule has 3 rings (SSSR count). The van der Waals surface area contributed by atoms with Crippen molar-refractivity contribution in [2.45, 2.75) is 50.6 Å². The van der Waals surface area contributed by atoms with Crippen LogP contribution in [-0.4, -0.2) is 42.1 Å². The fourth-order valence-electron chi connectivity index (χ4n) is 2.88. The van der Waals surface area contributed by atoms with E-state index < -0.39 is 11.6 Å². The quantitative estimate of drug-likeness (QED) is 0.736. The summed E-state index contributed by atoms with van der Waals surface area (Å²) in [5, 5.41) is 11.6. The third-order valence-corrected chi connectivity index (χ3v) is 5.84. The monoisotopic (exact) mass is 381 g/mol. The van der Waals surface area contributed by atoms with E-state index >= 15 is 0 Å². The Bertz CT molecular complexity index is 739. The number of anilines is 1. The van der Waals surface area contributed by atoms with Gasteiger partial charge in [-0.15, -0.1) is 12.3 Å². The summed E-state index contributed by atoms with van der Waals surface area (Å²) >= 11 is 1.25. The summed E-state index contributed by atoms with van der Waals surface area (Å²) in [6.07, 6.45) is 6.81. The van der Waals surface area contributed by atoms with Gasteiger partial charge in [0.25, 0.3) is 11.8 Å². The van der Waals surface area contributed by atoms with E-state index in [0.29, 0.717) is 41.5 Å². The molecule has 2 aliphatic heterocycles. The van der Waals surface area contributed by atoms with Crippen molar-refractivity contribution in [3.63, 3.8) is 0 Å². The zero-order valence-electron chi connectivity index (χ0n) is 14.6. The lowest BCUT2D eigenvalue weighted by molar-refractivity contribution is -0.0220. The van der Waals surface area contributed by atoms with Gasteiger partial charge in [-0.3, -0.25) is 4.79 Å². The maximum absolute atomic E-state index is 13.3. The van der Waals surface area contributed by atoms with Gasteiger partial charge in [-0.1, -0.05) is 11.3 Å². The predicted molar refractivity (Wildman–Crippen MR) is 95.8 cm³/mol. The number of nitrogens with zero attached hydrogens (tertiary/aromatic N) is 4. The first kappa shape index (κ1) is 18.7. The molecule has 26 heavy (non-hydrogen) atoms. The normalized spacial score (nSPS) is 19.8. The highest BCUT2D eigenvalue weighted by Gasteiger charge is 2.39. The van der Waals surface area contributed by atoms with Crippen LogP contribution in [0.25, 0.3) is 0 Å². The first-order chi connectivity index (χ1) is 12.3. The zero-order chi connectivity index (χ0) is 18.8. The van der Waals surface area contributed by atoms with E-state index in [0.717, 1.165) is 0 Å². The largest absolute Gasteiger partial charge is 0.351 e. The van der Waals surface area contributed by atoms with Crippen molar-refractivity contribution in [1.82, 2.24) is 10.3 Å². The molecule has 0 bridgehead atoms. The van der Waals surface area contributed by atoms with Crippen LogP contribution in [0.4, 0.5) is 13.9 Å². The van der Waals surface area contributed by atoms with Crippen molar-refractivity contribution in [2.24, 2.45) is 10.2 Å². The molecular weight excluding hydrogens is 360 g/mol. The van der Waals surface area contributed by atoms with Crippen LogP contribution < -0.4 is 10.2 Å². The first-order valence-electron chi connectivity index (χ1n) is 8.60. The minimum Gasteiger partial charge on any atom is -0.351 e. The maximum atomic E-state index is 13.3. The molecule has 0 aliphatic carbocycles. The highest BCUT2D eigenvalue weighted by Crippen LogP contribution is 2.36. The lowest BCUT2D eigenvalue weighted by Gasteiger charge is -2.31. The minimum atomic E-state index is -2.60. The van der Waals surface area contributed by atoms with E-state index in [1.54, 1.807) is 6.92 Å². The highest BCUT2D eigenvalue weighted by atomic mass is 32.1. The topological polar surface area (TPSA) is 70.0 Å². The van der Waals surface area contributed by atoms with Gasteiger partial charge in [0, 0.05) is 51.7 Å². The fourth-order valence-corrected chi connectivity index (χ4v) is 3.91. The third kappa shape index (κ3) is 4.36. The molecule has 140 valence electrons. The van der Waals surface area contributed by atoms with E-state index in [2.05, 4.69) is 26.4 Å². The Kier molecular flexibility index (Phi) is 5.23. The molecule has 0 atom stereocenters. The van der Waals surface area contributed by atoms with Crippen molar-refractivity contribution < 1.29 is 13.6 Å². The van der Waals surface area contributed by atoms with Crippen LogP contribution in [-0.2, 0) is 0 Å². The molecule has 2 aliphatic rings. The van der Waals surface area contributed by atoms with Crippen LogP contribution in [0.15, 0.2) is 10.2 Å². The summed E-state index contributed by atoms with van der Waals surface area (Å²) in [5.41, 5.74) is 0.190. The Balaban J connectivity index is 1.52. The number of rotatable bonds is 7. The molecule has 1 saturated heterocycles. The second-order valence-corrected chi connectivity index (χ2v) is 7.62. The third-order valence-electron chi connectivity index (χ3n) is 4.62. The van der Waals surface area contributed by atoms with Crippen LogP contribution in [0.3, 0.4) is 0 Å². The molecule has 0 spiro atoms. The number of amides is 1. The second kappa shape index (κ2) is 7.27. The molecule has 1 fully saturated rings. The van der Waals surface area contributed by atoms with Gasteiger partial charge in [-0.25, -0.2) is 13.8 Å². The molecule has 1 N–H and O–H groups in total. The fraction of sp³-hybridized carbons (Fsp3) is 0.647. The van der Waals surface area contributed by atoms with Crippen molar-refractivity contribution in [3.05, 3.63) is 10.6 Å². The van der Waals surface area contributed by atoms with E-state index in [-0.39, 0.29) is 31.8 Å². The van der Waals surface area contributed by atoms with Gasteiger partial charge in [-0.05, 0) is 6.92 Å². The van der Waals surface area contributed by atoms with Gasteiger partial charge in [0.15, 0.2) is 10.8 Å². The van der Waals surface area contributed by atoms with E-state index in [9.17, 15) is 13.6 Å². The van der Waals surface area contributed by atoms with Crippen molar-refractivity contribution >= 4 is 22.4 Å². The Morgan fingerprint density at radius 2 is 2.04 bits per heavy atom. The number of alkyl halides is 2. The molecule has 1 amide bonds. The molecule has 6 nitrogen and oxygen atoms in total. The van der Waals surface area contributed by atoms with Gasteiger partial charge in [0.2, 0.25) is 0 Å². The summed E-state index contributed by atoms with van der Waals surface area (Å²) < 4.78 is 26.6. The molecule has 0 radical (unpaired) electrons. The van der Waals surface area contributed by atoms with Crippen molar-refractivity contribution in [3.8, 4) is 12.3 Å². The Morgan fingerprint density at radius 3 is 2.65 bits per heavy atom. The number of halogens is 2.